The van der Waals surface area contributed by atoms with Crippen molar-refractivity contribution >= 4 is 5.91 Å². The molecular weight excluding hydrogens is 254 g/mol. The third-order valence-electron chi connectivity index (χ3n) is 4.30. The largest absolute Gasteiger partial charge is 0.379 e. The Morgan fingerprint density at radius 3 is 2.85 bits per heavy atom. The van der Waals surface area contributed by atoms with Crippen molar-refractivity contribution in [2.45, 2.75) is 19.8 Å². The molecule has 0 aliphatic carbocycles. The van der Waals surface area contributed by atoms with E-state index in [1.54, 1.807) is 0 Å². The van der Waals surface area contributed by atoms with Gasteiger partial charge in [-0.05, 0) is 18.9 Å². The number of amides is 1. The lowest BCUT2D eigenvalue weighted by Gasteiger charge is -2.30. The van der Waals surface area contributed by atoms with Crippen LogP contribution >= 0.6 is 0 Å². The molecule has 1 N–H and O–H groups in total. The number of aromatic nitrogens is 1. The Kier molecular flexibility index (Phi) is 4.08. The normalized spacial score (nSPS) is 20.2. The minimum absolute atomic E-state index is 0.201. The van der Waals surface area contributed by atoms with Crippen molar-refractivity contribution in [3.05, 3.63) is 23.0 Å². The lowest BCUT2D eigenvalue weighted by atomic mass is 10.0. The van der Waals surface area contributed by atoms with Crippen molar-refractivity contribution in [1.82, 2.24) is 14.8 Å². The number of hydrogen-bond donors (Lipinski definition) is 1. The van der Waals surface area contributed by atoms with Crippen LogP contribution in [-0.2, 0) is 11.2 Å². The van der Waals surface area contributed by atoms with E-state index in [2.05, 4.69) is 9.88 Å². The van der Waals surface area contributed by atoms with Gasteiger partial charge < -0.3 is 14.6 Å². The van der Waals surface area contributed by atoms with E-state index in [9.17, 15) is 4.79 Å². The van der Waals surface area contributed by atoms with E-state index in [-0.39, 0.29) is 5.91 Å². The Bertz CT molecular complexity index is 477. The molecule has 0 atom stereocenters. The first-order valence-corrected chi connectivity index (χ1v) is 7.52. The summed E-state index contributed by atoms with van der Waals surface area (Å²) in [7, 11) is 0. The van der Waals surface area contributed by atoms with Crippen molar-refractivity contribution in [3.63, 3.8) is 0 Å². The first-order chi connectivity index (χ1) is 9.75. The van der Waals surface area contributed by atoms with Gasteiger partial charge in [0, 0.05) is 51.0 Å². The molecule has 1 amide bonds. The number of aromatic amines is 1. The van der Waals surface area contributed by atoms with Gasteiger partial charge in [-0.3, -0.25) is 9.69 Å². The first-order valence-electron chi connectivity index (χ1n) is 7.52. The van der Waals surface area contributed by atoms with Gasteiger partial charge in [-0.15, -0.1) is 0 Å². The van der Waals surface area contributed by atoms with E-state index >= 15 is 0 Å². The summed E-state index contributed by atoms with van der Waals surface area (Å²) in [5, 5.41) is 0. The topological polar surface area (TPSA) is 48.6 Å². The zero-order valence-electron chi connectivity index (χ0n) is 12.2. The lowest BCUT2D eigenvalue weighted by molar-refractivity contribution is 0.0356. The molecule has 0 saturated carbocycles. The van der Waals surface area contributed by atoms with Gasteiger partial charge in [-0.1, -0.05) is 0 Å². The summed E-state index contributed by atoms with van der Waals surface area (Å²) in [6.07, 6.45) is 3.94. The predicted octanol–water partition coefficient (Wildman–Crippen LogP) is 1.04. The molecule has 0 unspecified atom stereocenters. The average molecular weight is 277 g/mol. The van der Waals surface area contributed by atoms with Crippen LogP contribution in [0.5, 0.6) is 0 Å². The summed E-state index contributed by atoms with van der Waals surface area (Å²) < 4.78 is 5.35. The summed E-state index contributed by atoms with van der Waals surface area (Å²) in [6.45, 7) is 8.50. The van der Waals surface area contributed by atoms with Crippen LogP contribution in [0, 0.1) is 6.92 Å². The van der Waals surface area contributed by atoms with Crippen molar-refractivity contribution in [1.29, 1.82) is 0 Å². The van der Waals surface area contributed by atoms with Crippen molar-refractivity contribution in [3.8, 4) is 0 Å². The van der Waals surface area contributed by atoms with Crippen LogP contribution in [0.1, 0.15) is 28.0 Å². The predicted molar refractivity (Wildman–Crippen MR) is 77.0 cm³/mol. The van der Waals surface area contributed by atoms with Crippen molar-refractivity contribution in [2.24, 2.45) is 0 Å². The fraction of sp³-hybridized carbons (Fsp3) is 0.667. The fourth-order valence-electron chi connectivity index (χ4n) is 3.10. The summed E-state index contributed by atoms with van der Waals surface area (Å²) in [4.78, 5) is 20.1. The van der Waals surface area contributed by atoms with Crippen LogP contribution in [0.15, 0.2) is 6.20 Å². The van der Waals surface area contributed by atoms with Crippen LogP contribution in [0.3, 0.4) is 0 Å². The maximum absolute atomic E-state index is 12.5. The number of H-pyrrole nitrogens is 1. The number of rotatable bonds is 4. The van der Waals surface area contributed by atoms with Crippen LogP contribution < -0.4 is 0 Å². The Morgan fingerprint density at radius 1 is 1.25 bits per heavy atom. The van der Waals surface area contributed by atoms with Gasteiger partial charge in [0.05, 0.1) is 18.8 Å². The van der Waals surface area contributed by atoms with Crippen LogP contribution in [0.2, 0.25) is 0 Å². The zero-order valence-corrected chi connectivity index (χ0v) is 12.2. The second-order valence-corrected chi connectivity index (χ2v) is 5.68. The van der Waals surface area contributed by atoms with E-state index in [1.807, 2.05) is 18.0 Å². The molecule has 0 radical (unpaired) electrons. The zero-order chi connectivity index (χ0) is 13.9. The minimum Gasteiger partial charge on any atom is -0.379 e. The molecule has 3 heterocycles. The van der Waals surface area contributed by atoms with Gasteiger partial charge in [0.1, 0.15) is 0 Å². The number of aryl methyl sites for hydroxylation is 1. The van der Waals surface area contributed by atoms with E-state index in [0.717, 1.165) is 75.6 Å². The standard InChI is InChI=1S/C15H23N3O2/c1-12-11-16-13-3-6-18(15(19)14(12)13)5-2-4-17-7-9-20-10-8-17/h11,16H,2-10H2,1H3. The number of ether oxygens (including phenoxy) is 1. The second kappa shape index (κ2) is 5.97. The number of nitrogens with one attached hydrogen (secondary N) is 1. The average Bonchev–Trinajstić information content (AvgIpc) is 2.85. The molecule has 0 spiro atoms. The fourth-order valence-corrected chi connectivity index (χ4v) is 3.10. The van der Waals surface area contributed by atoms with E-state index in [4.69, 9.17) is 4.74 Å². The highest BCUT2D eigenvalue weighted by atomic mass is 16.5. The maximum Gasteiger partial charge on any atom is 0.255 e. The molecule has 110 valence electrons. The van der Waals surface area contributed by atoms with Crippen LogP contribution in [-0.4, -0.2) is 66.6 Å². The highest BCUT2D eigenvalue weighted by Crippen LogP contribution is 2.21. The highest BCUT2D eigenvalue weighted by Gasteiger charge is 2.26. The summed E-state index contributed by atoms with van der Waals surface area (Å²) in [5.41, 5.74) is 3.09. The van der Waals surface area contributed by atoms with Crippen LogP contribution in [0.4, 0.5) is 0 Å². The van der Waals surface area contributed by atoms with Gasteiger partial charge in [-0.25, -0.2) is 0 Å². The summed E-state index contributed by atoms with van der Waals surface area (Å²) >= 11 is 0. The van der Waals surface area contributed by atoms with E-state index < -0.39 is 0 Å². The quantitative estimate of drug-likeness (QED) is 0.895. The SMILES string of the molecule is Cc1c[nH]c2c1C(=O)N(CCCN1CCOCC1)CC2. The minimum atomic E-state index is 0.201. The Balaban J connectivity index is 1.51. The highest BCUT2D eigenvalue weighted by molar-refractivity contribution is 5.97. The number of morpholine rings is 1. The lowest BCUT2D eigenvalue weighted by Crippen LogP contribution is -2.41. The summed E-state index contributed by atoms with van der Waals surface area (Å²) in [6, 6.07) is 0. The van der Waals surface area contributed by atoms with E-state index in [1.165, 1.54) is 0 Å². The Labute approximate surface area is 119 Å². The van der Waals surface area contributed by atoms with Gasteiger partial charge in [-0.2, -0.15) is 0 Å². The van der Waals surface area contributed by atoms with Crippen molar-refractivity contribution < 1.29 is 9.53 Å². The molecule has 1 aromatic heterocycles. The number of hydrogen-bond acceptors (Lipinski definition) is 3. The number of nitrogens with zero attached hydrogens (tertiary/aromatic N) is 2. The molecule has 20 heavy (non-hydrogen) atoms. The number of fused-ring (bicyclic) bond motifs is 1. The monoisotopic (exact) mass is 277 g/mol. The number of carbonyl (C=O) groups is 1. The molecular formula is C15H23N3O2. The molecule has 3 rings (SSSR count). The van der Waals surface area contributed by atoms with Crippen LogP contribution in [0.25, 0.3) is 0 Å². The molecule has 1 aromatic rings. The van der Waals surface area contributed by atoms with E-state index in [0.29, 0.717) is 0 Å². The van der Waals surface area contributed by atoms with Gasteiger partial charge in [0.25, 0.3) is 5.91 Å². The molecule has 5 heteroatoms. The molecule has 1 saturated heterocycles. The molecule has 2 aliphatic rings. The smallest absolute Gasteiger partial charge is 0.255 e. The van der Waals surface area contributed by atoms with Gasteiger partial charge in [0.2, 0.25) is 0 Å². The molecule has 5 nitrogen and oxygen atoms in total. The van der Waals surface area contributed by atoms with Gasteiger partial charge >= 0.3 is 0 Å². The third-order valence-corrected chi connectivity index (χ3v) is 4.30. The second-order valence-electron chi connectivity index (χ2n) is 5.68. The Morgan fingerprint density at radius 2 is 2.05 bits per heavy atom. The first kappa shape index (κ1) is 13.6. The molecule has 1 fully saturated rings. The molecule has 0 aromatic carbocycles. The van der Waals surface area contributed by atoms with Gasteiger partial charge in [0.15, 0.2) is 0 Å². The Hall–Kier alpha value is -1.33. The molecule has 0 bridgehead atoms. The molecule has 2 aliphatic heterocycles. The summed E-state index contributed by atoms with van der Waals surface area (Å²) in [5.74, 6) is 0.201. The maximum atomic E-state index is 12.5. The number of carbonyl (C=O) groups excluding carboxylic acids is 1. The van der Waals surface area contributed by atoms with Crippen molar-refractivity contribution in [2.75, 3.05) is 45.9 Å². The third kappa shape index (κ3) is 2.74.